The summed E-state index contributed by atoms with van der Waals surface area (Å²) in [5.74, 6) is 0.0262. The molecule has 4 aliphatic rings. The quantitative estimate of drug-likeness (QED) is 0.667. The molecule has 4 atom stereocenters. The van der Waals surface area contributed by atoms with Crippen molar-refractivity contribution >= 4 is 15.9 Å². The lowest BCUT2D eigenvalue weighted by Gasteiger charge is -2.40. The van der Waals surface area contributed by atoms with Gasteiger partial charge in [-0.3, -0.25) is 15.2 Å². The SMILES string of the molecule is O=C(C1CCNN1)N1C[C@@H]2C[C@@H]3[C@@](C1)(CN(Cc1ccncc1)S3(=O)=O)O2. The van der Waals surface area contributed by atoms with Gasteiger partial charge in [-0.2, -0.15) is 4.31 Å². The van der Waals surface area contributed by atoms with Crippen LogP contribution in [0.3, 0.4) is 0 Å². The van der Waals surface area contributed by atoms with E-state index in [9.17, 15) is 13.2 Å². The molecule has 1 spiro atoms. The number of nitrogens with one attached hydrogen (secondary N) is 2. The molecule has 0 aliphatic carbocycles. The second-order valence-corrected chi connectivity index (χ2v) is 9.94. The molecule has 4 aliphatic heterocycles. The minimum Gasteiger partial charge on any atom is -0.365 e. The molecule has 2 N–H and O–H groups in total. The molecule has 0 radical (unpaired) electrons. The number of morpholine rings is 1. The monoisotopic (exact) mass is 393 g/mol. The maximum Gasteiger partial charge on any atom is 0.241 e. The molecule has 5 rings (SSSR count). The summed E-state index contributed by atoms with van der Waals surface area (Å²) >= 11 is 0. The molecule has 4 fully saturated rings. The van der Waals surface area contributed by atoms with Crippen LogP contribution in [-0.2, 0) is 26.1 Å². The van der Waals surface area contributed by atoms with Crippen LogP contribution in [0.2, 0.25) is 0 Å². The molecule has 1 aromatic rings. The van der Waals surface area contributed by atoms with Crippen LogP contribution in [0.1, 0.15) is 18.4 Å². The van der Waals surface area contributed by atoms with Crippen LogP contribution in [0.15, 0.2) is 24.5 Å². The Labute approximate surface area is 158 Å². The summed E-state index contributed by atoms with van der Waals surface area (Å²) in [4.78, 5) is 18.6. The van der Waals surface area contributed by atoms with Crippen LogP contribution in [0, 0.1) is 0 Å². The number of nitrogens with zero attached hydrogens (tertiary/aromatic N) is 3. The Hall–Kier alpha value is -1.59. The van der Waals surface area contributed by atoms with E-state index >= 15 is 0 Å². The lowest BCUT2D eigenvalue weighted by molar-refractivity contribution is -0.152. The third-order valence-corrected chi connectivity index (χ3v) is 8.38. The Kier molecular flexibility index (Phi) is 4.03. The lowest BCUT2D eigenvalue weighted by Crippen LogP contribution is -2.59. The van der Waals surface area contributed by atoms with Gasteiger partial charge in [0.2, 0.25) is 15.9 Å². The number of rotatable bonds is 3. The average Bonchev–Trinajstić information content (AvgIpc) is 3.32. The Morgan fingerprint density at radius 3 is 2.89 bits per heavy atom. The van der Waals surface area contributed by atoms with Crippen molar-refractivity contribution in [1.29, 1.82) is 0 Å². The number of amides is 1. The lowest BCUT2D eigenvalue weighted by atomic mass is 9.99. The van der Waals surface area contributed by atoms with Gasteiger partial charge in [0.25, 0.3) is 0 Å². The number of sulfonamides is 1. The van der Waals surface area contributed by atoms with E-state index in [0.717, 1.165) is 18.5 Å². The minimum atomic E-state index is -3.47. The fraction of sp³-hybridized carbons (Fsp3) is 0.647. The van der Waals surface area contributed by atoms with Crippen molar-refractivity contribution in [3.8, 4) is 0 Å². The molecule has 2 bridgehead atoms. The van der Waals surface area contributed by atoms with E-state index in [1.165, 1.54) is 4.31 Å². The summed E-state index contributed by atoms with van der Waals surface area (Å²) in [7, 11) is -3.47. The molecule has 1 unspecified atom stereocenters. The maximum atomic E-state index is 13.2. The third-order valence-electron chi connectivity index (χ3n) is 6.06. The zero-order valence-corrected chi connectivity index (χ0v) is 15.7. The number of hydrazine groups is 1. The van der Waals surface area contributed by atoms with Gasteiger partial charge in [0.05, 0.1) is 12.6 Å². The van der Waals surface area contributed by atoms with Crippen LogP contribution in [-0.4, -0.2) is 77.7 Å². The first-order valence-corrected chi connectivity index (χ1v) is 10.8. The number of carbonyl (C=O) groups excluding carboxylic acids is 1. The van der Waals surface area contributed by atoms with Crippen molar-refractivity contribution in [2.24, 2.45) is 0 Å². The molecule has 4 saturated heterocycles. The Morgan fingerprint density at radius 1 is 1.33 bits per heavy atom. The highest BCUT2D eigenvalue weighted by Gasteiger charge is 2.65. The van der Waals surface area contributed by atoms with Crippen LogP contribution in [0.5, 0.6) is 0 Å². The first kappa shape index (κ1) is 17.5. The number of hydrogen-bond acceptors (Lipinski definition) is 7. The molecule has 1 aromatic heterocycles. The van der Waals surface area contributed by atoms with Gasteiger partial charge < -0.3 is 9.64 Å². The predicted octanol–water partition coefficient (Wildman–Crippen LogP) is -1.17. The molecule has 9 nitrogen and oxygen atoms in total. The molecule has 0 aromatic carbocycles. The van der Waals surface area contributed by atoms with Gasteiger partial charge in [0, 0.05) is 38.6 Å². The highest BCUT2D eigenvalue weighted by Crippen LogP contribution is 2.47. The molecule has 27 heavy (non-hydrogen) atoms. The average molecular weight is 393 g/mol. The Morgan fingerprint density at radius 2 is 2.15 bits per heavy atom. The fourth-order valence-electron chi connectivity index (χ4n) is 4.84. The van der Waals surface area contributed by atoms with Gasteiger partial charge in [0.15, 0.2) is 0 Å². The van der Waals surface area contributed by atoms with Crippen molar-refractivity contribution in [3.05, 3.63) is 30.1 Å². The van der Waals surface area contributed by atoms with Crippen LogP contribution >= 0.6 is 0 Å². The van der Waals surface area contributed by atoms with Crippen molar-refractivity contribution < 1.29 is 17.9 Å². The number of likely N-dealkylation sites (tertiary alicyclic amines) is 1. The van der Waals surface area contributed by atoms with Crippen molar-refractivity contribution in [2.45, 2.75) is 42.4 Å². The number of aromatic nitrogens is 1. The largest absolute Gasteiger partial charge is 0.365 e. The molecular weight excluding hydrogens is 370 g/mol. The van der Waals surface area contributed by atoms with E-state index < -0.39 is 20.9 Å². The summed E-state index contributed by atoms with van der Waals surface area (Å²) in [6.45, 7) is 2.15. The number of pyridine rings is 1. The maximum absolute atomic E-state index is 13.2. The highest BCUT2D eigenvalue weighted by molar-refractivity contribution is 7.90. The topological polar surface area (TPSA) is 104 Å². The normalized spacial score (nSPS) is 37.5. The van der Waals surface area contributed by atoms with Gasteiger partial charge in [-0.05, 0) is 30.5 Å². The zero-order valence-electron chi connectivity index (χ0n) is 14.9. The zero-order chi connectivity index (χ0) is 18.6. The highest BCUT2D eigenvalue weighted by atomic mass is 32.2. The van der Waals surface area contributed by atoms with E-state index in [0.29, 0.717) is 32.6 Å². The first-order chi connectivity index (χ1) is 13.0. The van der Waals surface area contributed by atoms with E-state index in [2.05, 4.69) is 15.8 Å². The van der Waals surface area contributed by atoms with E-state index in [1.807, 2.05) is 12.1 Å². The molecule has 0 saturated carbocycles. The summed E-state index contributed by atoms with van der Waals surface area (Å²) < 4.78 is 34.0. The van der Waals surface area contributed by atoms with Crippen LogP contribution in [0.25, 0.3) is 0 Å². The van der Waals surface area contributed by atoms with Gasteiger partial charge in [-0.1, -0.05) is 0 Å². The molecular formula is C17H23N5O4S. The smallest absolute Gasteiger partial charge is 0.241 e. The summed E-state index contributed by atoms with van der Waals surface area (Å²) in [5.41, 5.74) is 6.06. The standard InChI is InChI=1S/C17H23N5O4S/c23-16(14-3-6-19-20-14)21-9-13-7-15-17(10-21,26-13)11-22(27(15,24)25)8-12-1-4-18-5-2-12/h1-2,4-5,13-15,19-20H,3,6-11H2/t13-,14?,15+,17+/m0/s1. The fourth-order valence-corrected chi connectivity index (χ4v) is 7.13. The van der Waals surface area contributed by atoms with E-state index in [4.69, 9.17) is 4.74 Å². The van der Waals surface area contributed by atoms with Gasteiger partial charge in [-0.15, -0.1) is 0 Å². The van der Waals surface area contributed by atoms with Crippen LogP contribution < -0.4 is 10.9 Å². The summed E-state index contributed by atoms with van der Waals surface area (Å²) in [6, 6.07) is 3.39. The predicted molar refractivity (Wildman–Crippen MR) is 95.7 cm³/mol. The van der Waals surface area contributed by atoms with Crippen molar-refractivity contribution in [3.63, 3.8) is 0 Å². The number of ether oxygens (including phenoxy) is 1. The molecule has 146 valence electrons. The van der Waals surface area contributed by atoms with Crippen LogP contribution in [0.4, 0.5) is 0 Å². The second-order valence-electron chi connectivity index (χ2n) is 7.83. The van der Waals surface area contributed by atoms with E-state index in [-0.39, 0.29) is 18.1 Å². The summed E-state index contributed by atoms with van der Waals surface area (Å²) in [5, 5.41) is -0.579. The van der Waals surface area contributed by atoms with Gasteiger partial charge >= 0.3 is 0 Å². The Balaban J connectivity index is 1.39. The first-order valence-electron chi connectivity index (χ1n) is 9.31. The molecule has 10 heteroatoms. The Bertz CT molecular complexity index is 844. The number of fused-ring (bicyclic) bond motifs is 1. The molecule has 1 amide bonds. The number of carbonyl (C=O) groups is 1. The van der Waals surface area contributed by atoms with Gasteiger partial charge in [-0.25, -0.2) is 13.8 Å². The minimum absolute atomic E-state index is 0.0262. The summed E-state index contributed by atoms with van der Waals surface area (Å²) in [6.07, 6.45) is 4.31. The molecule has 5 heterocycles. The second kappa shape index (κ2) is 6.21. The third kappa shape index (κ3) is 2.78. The number of hydrogen-bond donors (Lipinski definition) is 2. The van der Waals surface area contributed by atoms with Crippen molar-refractivity contribution in [1.82, 2.24) is 25.0 Å². The van der Waals surface area contributed by atoms with E-state index in [1.54, 1.807) is 17.3 Å². The van der Waals surface area contributed by atoms with Gasteiger partial charge in [0.1, 0.15) is 16.9 Å². The van der Waals surface area contributed by atoms with Crippen molar-refractivity contribution in [2.75, 3.05) is 26.2 Å².